The number of hydrogen-bond donors (Lipinski definition) is 2. The number of benzene rings is 1. The van der Waals surface area contributed by atoms with E-state index >= 15 is 0 Å². The first kappa shape index (κ1) is 13.9. The molecule has 0 unspecified atom stereocenters. The predicted molar refractivity (Wildman–Crippen MR) is 66.9 cm³/mol. The minimum absolute atomic E-state index is 0.0931. The molecule has 0 fully saturated rings. The minimum Gasteiger partial charge on any atom is -0.386 e. The molecular formula is C14H20O3. The largest absolute Gasteiger partial charge is 0.386 e. The lowest BCUT2D eigenvalue weighted by Crippen LogP contribution is -2.22. The molecule has 3 heteroatoms. The molecule has 1 aromatic rings. The van der Waals surface area contributed by atoms with Gasteiger partial charge in [-0.15, -0.1) is 0 Å². The summed E-state index contributed by atoms with van der Waals surface area (Å²) in [6.07, 6.45) is 0. The molecule has 0 bridgehead atoms. The van der Waals surface area contributed by atoms with Gasteiger partial charge in [-0.05, 0) is 51.8 Å². The molecule has 0 amide bonds. The van der Waals surface area contributed by atoms with Gasteiger partial charge in [0.05, 0.1) is 11.2 Å². The molecule has 1 aromatic carbocycles. The van der Waals surface area contributed by atoms with Crippen molar-refractivity contribution in [1.82, 2.24) is 0 Å². The number of ketones is 1. The van der Waals surface area contributed by atoms with Crippen molar-refractivity contribution in [3.8, 4) is 0 Å². The average molecular weight is 236 g/mol. The third-order valence-electron chi connectivity index (χ3n) is 2.76. The zero-order valence-corrected chi connectivity index (χ0v) is 11.0. The average Bonchev–Trinajstić information content (AvgIpc) is 2.14. The fourth-order valence-electron chi connectivity index (χ4n) is 1.74. The van der Waals surface area contributed by atoms with Crippen LogP contribution in [0, 0.1) is 0 Å². The van der Waals surface area contributed by atoms with Crippen molar-refractivity contribution >= 4 is 5.78 Å². The van der Waals surface area contributed by atoms with E-state index in [1.165, 1.54) is 6.92 Å². The Hall–Kier alpha value is -1.19. The first-order valence-corrected chi connectivity index (χ1v) is 5.64. The quantitative estimate of drug-likeness (QED) is 0.792. The normalized spacial score (nSPS) is 12.6. The summed E-state index contributed by atoms with van der Waals surface area (Å²) < 4.78 is 0. The summed E-state index contributed by atoms with van der Waals surface area (Å²) in [7, 11) is 0. The second-order valence-electron chi connectivity index (χ2n) is 5.43. The van der Waals surface area contributed by atoms with Gasteiger partial charge in [0.2, 0.25) is 0 Å². The van der Waals surface area contributed by atoms with Crippen LogP contribution in [0.2, 0.25) is 0 Å². The van der Waals surface area contributed by atoms with Gasteiger partial charge in [-0.1, -0.05) is 12.1 Å². The number of rotatable bonds is 3. The van der Waals surface area contributed by atoms with Crippen molar-refractivity contribution < 1.29 is 15.0 Å². The van der Waals surface area contributed by atoms with E-state index < -0.39 is 11.2 Å². The van der Waals surface area contributed by atoms with Crippen LogP contribution >= 0.6 is 0 Å². The van der Waals surface area contributed by atoms with Gasteiger partial charge in [-0.2, -0.15) is 0 Å². The first-order chi connectivity index (χ1) is 7.53. The van der Waals surface area contributed by atoms with Gasteiger partial charge in [-0.3, -0.25) is 4.79 Å². The maximum atomic E-state index is 11.5. The van der Waals surface area contributed by atoms with Crippen LogP contribution in [0.3, 0.4) is 0 Å². The van der Waals surface area contributed by atoms with E-state index in [4.69, 9.17) is 0 Å². The maximum absolute atomic E-state index is 11.5. The summed E-state index contributed by atoms with van der Waals surface area (Å²) in [5, 5.41) is 20.0. The molecule has 0 aliphatic heterocycles. The monoisotopic (exact) mass is 236 g/mol. The zero-order chi connectivity index (χ0) is 13.4. The Labute approximate surface area is 102 Å². The van der Waals surface area contributed by atoms with Crippen LogP contribution in [0.5, 0.6) is 0 Å². The molecule has 0 heterocycles. The van der Waals surface area contributed by atoms with Crippen molar-refractivity contribution in [1.29, 1.82) is 0 Å². The number of hydrogen-bond acceptors (Lipinski definition) is 3. The Balaban J connectivity index is 3.46. The van der Waals surface area contributed by atoms with Crippen LogP contribution in [0.25, 0.3) is 0 Å². The Kier molecular flexibility index (Phi) is 3.46. The lowest BCUT2D eigenvalue weighted by molar-refractivity contribution is 0.0700. The molecule has 2 N–H and O–H groups in total. The molecule has 0 aliphatic carbocycles. The zero-order valence-electron chi connectivity index (χ0n) is 11.0. The summed E-state index contributed by atoms with van der Waals surface area (Å²) >= 11 is 0. The second-order valence-corrected chi connectivity index (χ2v) is 5.43. The van der Waals surface area contributed by atoms with Gasteiger partial charge < -0.3 is 10.2 Å². The van der Waals surface area contributed by atoms with E-state index in [1.807, 2.05) is 0 Å². The van der Waals surface area contributed by atoms with Gasteiger partial charge in [0, 0.05) is 5.56 Å². The Morgan fingerprint density at radius 2 is 1.59 bits per heavy atom. The Morgan fingerprint density at radius 1 is 1.06 bits per heavy atom. The van der Waals surface area contributed by atoms with E-state index in [2.05, 4.69) is 0 Å². The molecule has 94 valence electrons. The fraction of sp³-hybridized carbons (Fsp3) is 0.500. The number of carbonyl (C=O) groups excluding carboxylic acids is 1. The van der Waals surface area contributed by atoms with Gasteiger partial charge >= 0.3 is 0 Å². The van der Waals surface area contributed by atoms with E-state index in [9.17, 15) is 15.0 Å². The van der Waals surface area contributed by atoms with Crippen molar-refractivity contribution in [2.24, 2.45) is 0 Å². The fourth-order valence-corrected chi connectivity index (χ4v) is 1.74. The molecule has 3 nitrogen and oxygen atoms in total. The van der Waals surface area contributed by atoms with Crippen LogP contribution in [-0.4, -0.2) is 16.0 Å². The van der Waals surface area contributed by atoms with Gasteiger partial charge in [-0.25, -0.2) is 0 Å². The summed E-state index contributed by atoms with van der Waals surface area (Å²) in [6, 6.07) is 5.06. The smallest absolute Gasteiger partial charge is 0.160 e. The SMILES string of the molecule is CC(=O)c1ccc(C(C)(C)O)cc1C(C)(C)O. The molecule has 0 atom stereocenters. The summed E-state index contributed by atoms with van der Waals surface area (Å²) in [4.78, 5) is 11.5. The van der Waals surface area contributed by atoms with Crippen LogP contribution < -0.4 is 0 Å². The van der Waals surface area contributed by atoms with Crippen molar-refractivity contribution in [2.75, 3.05) is 0 Å². The third kappa shape index (κ3) is 3.14. The Morgan fingerprint density at radius 3 is 1.94 bits per heavy atom. The highest BCUT2D eigenvalue weighted by atomic mass is 16.3. The standard InChI is InChI=1S/C14H20O3/c1-9(15)11-7-6-10(13(2,3)16)8-12(11)14(4,5)17/h6-8,16-17H,1-5H3. The van der Waals surface area contributed by atoms with E-state index in [0.29, 0.717) is 16.7 Å². The van der Waals surface area contributed by atoms with Crippen LogP contribution in [0.15, 0.2) is 18.2 Å². The molecule has 0 spiro atoms. The molecule has 0 aromatic heterocycles. The van der Waals surface area contributed by atoms with Gasteiger partial charge in [0.15, 0.2) is 5.78 Å². The van der Waals surface area contributed by atoms with E-state index in [-0.39, 0.29) is 5.78 Å². The third-order valence-corrected chi connectivity index (χ3v) is 2.76. The number of carbonyl (C=O) groups is 1. The maximum Gasteiger partial charge on any atom is 0.160 e. The number of aliphatic hydroxyl groups is 2. The lowest BCUT2D eigenvalue weighted by atomic mass is 9.86. The van der Waals surface area contributed by atoms with E-state index in [1.54, 1.807) is 45.9 Å². The van der Waals surface area contributed by atoms with Crippen LogP contribution in [0.4, 0.5) is 0 Å². The molecule has 1 rings (SSSR count). The van der Waals surface area contributed by atoms with Crippen LogP contribution in [0.1, 0.15) is 56.1 Å². The molecule has 0 radical (unpaired) electrons. The highest BCUT2D eigenvalue weighted by molar-refractivity contribution is 5.96. The molecule has 17 heavy (non-hydrogen) atoms. The highest BCUT2D eigenvalue weighted by Gasteiger charge is 2.25. The van der Waals surface area contributed by atoms with Gasteiger partial charge in [0.1, 0.15) is 0 Å². The summed E-state index contributed by atoms with van der Waals surface area (Å²) in [6.45, 7) is 8.06. The summed E-state index contributed by atoms with van der Waals surface area (Å²) in [5.74, 6) is -0.0931. The lowest BCUT2D eigenvalue weighted by Gasteiger charge is -2.25. The topological polar surface area (TPSA) is 57.5 Å². The molecule has 0 aliphatic rings. The van der Waals surface area contributed by atoms with Crippen LogP contribution in [-0.2, 0) is 11.2 Å². The summed E-state index contributed by atoms with van der Waals surface area (Å²) in [5.41, 5.74) is -0.382. The highest BCUT2D eigenvalue weighted by Crippen LogP contribution is 2.29. The first-order valence-electron chi connectivity index (χ1n) is 5.64. The van der Waals surface area contributed by atoms with E-state index in [0.717, 1.165) is 0 Å². The second kappa shape index (κ2) is 4.24. The van der Waals surface area contributed by atoms with Gasteiger partial charge in [0.25, 0.3) is 0 Å². The van der Waals surface area contributed by atoms with Crippen molar-refractivity contribution in [3.05, 3.63) is 34.9 Å². The predicted octanol–water partition coefficient (Wildman–Crippen LogP) is 2.34. The molecular weight excluding hydrogens is 216 g/mol. The molecule has 0 saturated heterocycles. The Bertz CT molecular complexity index is 434. The van der Waals surface area contributed by atoms with Crippen molar-refractivity contribution in [2.45, 2.75) is 45.8 Å². The molecule has 0 saturated carbocycles. The number of Topliss-reactive ketones (excluding diaryl/α,β-unsaturated/α-hetero) is 1. The van der Waals surface area contributed by atoms with Crippen molar-refractivity contribution in [3.63, 3.8) is 0 Å². The minimum atomic E-state index is -1.11.